The fourth-order valence-electron chi connectivity index (χ4n) is 2.92. The molecule has 1 atom stereocenters. The van der Waals surface area contributed by atoms with Crippen molar-refractivity contribution in [1.82, 2.24) is 14.9 Å². The van der Waals surface area contributed by atoms with Crippen molar-refractivity contribution in [1.29, 1.82) is 0 Å². The molecule has 116 valence electrons. The summed E-state index contributed by atoms with van der Waals surface area (Å²) in [4.78, 5) is 0. The molecular weight excluding hydrogens is 296 g/mol. The Morgan fingerprint density at radius 1 is 1.36 bits per heavy atom. The third kappa shape index (κ3) is 2.89. The van der Waals surface area contributed by atoms with Crippen molar-refractivity contribution in [3.8, 4) is 0 Å². The molecule has 1 aromatic carbocycles. The van der Waals surface area contributed by atoms with Crippen LogP contribution in [0.25, 0.3) is 0 Å². The number of aromatic amines is 1. The number of hydrogen-bond acceptors (Lipinski definition) is 4. The van der Waals surface area contributed by atoms with Gasteiger partial charge in [0.25, 0.3) is 0 Å². The van der Waals surface area contributed by atoms with Crippen LogP contribution in [0, 0.1) is 25.5 Å². The lowest BCUT2D eigenvalue weighted by molar-refractivity contribution is 0.102. The predicted octanol–water partition coefficient (Wildman–Crippen LogP) is 3.60. The molecule has 6 heteroatoms. The Hall–Kier alpha value is -1.79. The van der Waals surface area contributed by atoms with Crippen LogP contribution >= 0.6 is 12.2 Å². The van der Waals surface area contributed by atoms with Gasteiger partial charge in [-0.1, -0.05) is 17.7 Å². The highest BCUT2D eigenvalue weighted by Crippen LogP contribution is 2.27. The highest BCUT2D eigenvalue weighted by molar-refractivity contribution is 7.71. The van der Waals surface area contributed by atoms with Crippen molar-refractivity contribution in [2.75, 3.05) is 6.61 Å². The van der Waals surface area contributed by atoms with Gasteiger partial charge in [-0.15, -0.1) is 0 Å². The van der Waals surface area contributed by atoms with E-state index in [1.165, 1.54) is 16.7 Å². The Balaban J connectivity index is 1.97. The SMILES string of the molecule is Cc1cc(C)c(C=Nn2c([C@@H]3CCCO3)n[nH]c2=S)c(C)c1. The second kappa shape index (κ2) is 6.14. The molecule has 22 heavy (non-hydrogen) atoms. The van der Waals surface area contributed by atoms with Gasteiger partial charge in [0.2, 0.25) is 4.77 Å². The molecule has 0 aliphatic carbocycles. The Labute approximate surface area is 135 Å². The minimum absolute atomic E-state index is 0.0229. The second-order valence-corrected chi connectivity index (χ2v) is 6.14. The molecule has 2 aromatic rings. The van der Waals surface area contributed by atoms with Gasteiger partial charge in [0.15, 0.2) is 5.82 Å². The molecule has 0 bridgehead atoms. The molecule has 0 radical (unpaired) electrons. The standard InChI is InChI=1S/C16H20N4OS/c1-10-7-11(2)13(12(3)8-10)9-17-20-15(18-19-16(20)22)14-5-4-6-21-14/h7-9,14H,4-6H2,1-3H3,(H,19,22)/t14-/m0/s1. The van der Waals surface area contributed by atoms with Crippen LogP contribution in [0.15, 0.2) is 17.2 Å². The summed E-state index contributed by atoms with van der Waals surface area (Å²) in [7, 11) is 0. The van der Waals surface area contributed by atoms with Crippen molar-refractivity contribution in [2.45, 2.75) is 39.7 Å². The summed E-state index contributed by atoms with van der Waals surface area (Å²) in [5, 5.41) is 11.6. The van der Waals surface area contributed by atoms with Crippen LogP contribution in [0.1, 0.15) is 47.0 Å². The summed E-state index contributed by atoms with van der Waals surface area (Å²) in [6.07, 6.45) is 3.83. The van der Waals surface area contributed by atoms with Crippen LogP contribution in [-0.4, -0.2) is 27.7 Å². The molecule has 0 saturated carbocycles. The molecule has 1 fully saturated rings. The van der Waals surface area contributed by atoms with Gasteiger partial charge in [0.05, 0.1) is 6.21 Å². The first-order chi connectivity index (χ1) is 10.6. The normalized spacial score (nSPS) is 18.4. The molecule has 1 saturated heterocycles. The number of rotatable bonds is 3. The maximum atomic E-state index is 5.68. The van der Waals surface area contributed by atoms with Crippen molar-refractivity contribution in [2.24, 2.45) is 5.10 Å². The number of aryl methyl sites for hydroxylation is 3. The van der Waals surface area contributed by atoms with Crippen molar-refractivity contribution in [3.63, 3.8) is 0 Å². The molecule has 0 spiro atoms. The molecule has 1 aromatic heterocycles. The summed E-state index contributed by atoms with van der Waals surface area (Å²) in [5.41, 5.74) is 4.78. The Morgan fingerprint density at radius 3 is 2.73 bits per heavy atom. The summed E-state index contributed by atoms with van der Waals surface area (Å²) in [5.74, 6) is 0.751. The van der Waals surface area contributed by atoms with E-state index < -0.39 is 0 Å². The number of aromatic nitrogens is 3. The Kier molecular flexibility index (Phi) is 4.22. The summed E-state index contributed by atoms with van der Waals surface area (Å²) in [6.45, 7) is 7.06. The largest absolute Gasteiger partial charge is 0.370 e. The second-order valence-electron chi connectivity index (χ2n) is 5.76. The van der Waals surface area contributed by atoms with Crippen LogP contribution in [0.5, 0.6) is 0 Å². The van der Waals surface area contributed by atoms with Gasteiger partial charge in [-0.05, 0) is 57.0 Å². The number of H-pyrrole nitrogens is 1. The van der Waals surface area contributed by atoms with E-state index in [4.69, 9.17) is 17.0 Å². The van der Waals surface area contributed by atoms with Crippen molar-refractivity contribution < 1.29 is 4.74 Å². The van der Waals surface area contributed by atoms with E-state index in [0.29, 0.717) is 4.77 Å². The van der Waals surface area contributed by atoms with Gasteiger partial charge >= 0.3 is 0 Å². The van der Waals surface area contributed by atoms with Crippen LogP contribution in [0.3, 0.4) is 0 Å². The molecule has 2 heterocycles. The van der Waals surface area contributed by atoms with Crippen LogP contribution in [-0.2, 0) is 4.74 Å². The number of nitrogens with zero attached hydrogens (tertiary/aromatic N) is 3. The quantitative estimate of drug-likeness (QED) is 0.695. The van der Waals surface area contributed by atoms with E-state index in [1.54, 1.807) is 4.68 Å². The lowest BCUT2D eigenvalue weighted by Crippen LogP contribution is -2.06. The van der Waals surface area contributed by atoms with Crippen molar-refractivity contribution >= 4 is 18.4 Å². The molecule has 0 amide bonds. The van der Waals surface area contributed by atoms with Crippen molar-refractivity contribution in [3.05, 3.63) is 45.0 Å². The predicted molar refractivity (Wildman–Crippen MR) is 89.0 cm³/mol. The average Bonchev–Trinajstić information content (AvgIpc) is 3.07. The van der Waals surface area contributed by atoms with Crippen LogP contribution in [0.4, 0.5) is 0 Å². The van der Waals surface area contributed by atoms with E-state index in [2.05, 4.69) is 48.2 Å². The monoisotopic (exact) mass is 316 g/mol. The minimum atomic E-state index is -0.0229. The maximum Gasteiger partial charge on any atom is 0.216 e. The fourth-order valence-corrected chi connectivity index (χ4v) is 3.10. The van der Waals surface area contributed by atoms with Gasteiger partial charge < -0.3 is 4.74 Å². The average molecular weight is 316 g/mol. The molecule has 5 nitrogen and oxygen atoms in total. The van der Waals surface area contributed by atoms with Gasteiger partial charge in [0.1, 0.15) is 6.10 Å². The van der Waals surface area contributed by atoms with E-state index in [9.17, 15) is 0 Å². The smallest absolute Gasteiger partial charge is 0.216 e. The minimum Gasteiger partial charge on any atom is -0.370 e. The zero-order valence-corrected chi connectivity index (χ0v) is 13.9. The first-order valence-electron chi connectivity index (χ1n) is 7.47. The number of benzene rings is 1. The van der Waals surface area contributed by atoms with E-state index >= 15 is 0 Å². The first-order valence-corrected chi connectivity index (χ1v) is 7.88. The summed E-state index contributed by atoms with van der Waals surface area (Å²) < 4.78 is 7.85. The summed E-state index contributed by atoms with van der Waals surface area (Å²) >= 11 is 5.29. The van der Waals surface area contributed by atoms with Gasteiger partial charge in [-0.3, -0.25) is 5.10 Å². The van der Waals surface area contributed by atoms with Gasteiger partial charge in [0, 0.05) is 12.2 Å². The van der Waals surface area contributed by atoms with Crippen LogP contribution in [0.2, 0.25) is 0 Å². The van der Waals surface area contributed by atoms with Crippen LogP contribution < -0.4 is 0 Å². The number of hydrogen-bond donors (Lipinski definition) is 1. The number of nitrogens with one attached hydrogen (secondary N) is 1. The third-order valence-electron chi connectivity index (χ3n) is 3.93. The highest BCUT2D eigenvalue weighted by Gasteiger charge is 2.23. The van der Waals surface area contributed by atoms with Gasteiger partial charge in [-0.25, -0.2) is 0 Å². The maximum absolute atomic E-state index is 5.68. The van der Waals surface area contributed by atoms with E-state index in [1.807, 2.05) is 6.21 Å². The zero-order chi connectivity index (χ0) is 15.7. The lowest BCUT2D eigenvalue weighted by Gasteiger charge is -2.09. The van der Waals surface area contributed by atoms with E-state index in [0.717, 1.165) is 30.8 Å². The molecule has 1 aliphatic heterocycles. The number of ether oxygens (including phenoxy) is 1. The third-order valence-corrected chi connectivity index (χ3v) is 4.20. The molecule has 0 unspecified atom stereocenters. The lowest BCUT2D eigenvalue weighted by atomic mass is 10.0. The first kappa shape index (κ1) is 15.1. The Morgan fingerprint density at radius 2 is 2.09 bits per heavy atom. The Bertz CT molecular complexity index is 746. The summed E-state index contributed by atoms with van der Waals surface area (Å²) in [6, 6.07) is 4.31. The molecular formula is C16H20N4OS. The molecule has 1 N–H and O–H groups in total. The van der Waals surface area contributed by atoms with Gasteiger partial charge in [-0.2, -0.15) is 14.9 Å². The molecule has 1 aliphatic rings. The topological polar surface area (TPSA) is 55.2 Å². The van der Waals surface area contributed by atoms with E-state index in [-0.39, 0.29) is 6.10 Å². The zero-order valence-electron chi connectivity index (χ0n) is 13.1. The highest BCUT2D eigenvalue weighted by atomic mass is 32.1. The fraction of sp³-hybridized carbons (Fsp3) is 0.438. The molecule has 3 rings (SSSR count).